The maximum absolute atomic E-state index is 13.0. The monoisotopic (exact) mass is 397 g/mol. The van der Waals surface area contributed by atoms with Crippen molar-refractivity contribution in [2.45, 2.75) is 4.90 Å². The fourth-order valence-corrected chi connectivity index (χ4v) is 4.53. The fourth-order valence-electron chi connectivity index (χ4n) is 3.03. The predicted octanol–water partition coefficient (Wildman–Crippen LogP) is -1.04. The molecule has 1 aromatic heterocycles. The Balaban J connectivity index is 2.12. The highest BCUT2D eigenvalue weighted by Crippen LogP contribution is 2.22. The molecule has 0 spiro atoms. The minimum absolute atomic E-state index is 0.00936. The average molecular weight is 397 g/mol. The molecule has 1 aliphatic rings. The van der Waals surface area contributed by atoms with Gasteiger partial charge >= 0.3 is 11.7 Å². The Morgan fingerprint density at radius 2 is 1.93 bits per heavy atom. The number of rotatable bonds is 3. The number of carbonyl (C=O) groups is 1. The first-order valence-electron chi connectivity index (χ1n) is 8.15. The predicted molar refractivity (Wildman–Crippen MR) is 95.1 cm³/mol. The van der Waals surface area contributed by atoms with Crippen LogP contribution in [-0.2, 0) is 33.7 Å². The zero-order valence-corrected chi connectivity index (χ0v) is 15.6. The molecule has 1 atom stereocenters. The van der Waals surface area contributed by atoms with Crippen molar-refractivity contribution in [1.29, 1.82) is 0 Å². The molecule has 0 radical (unpaired) electrons. The molecule has 146 valence electrons. The summed E-state index contributed by atoms with van der Waals surface area (Å²) in [4.78, 5) is 35.5. The van der Waals surface area contributed by atoms with Crippen LogP contribution in [0.2, 0.25) is 0 Å². The van der Waals surface area contributed by atoms with Crippen LogP contribution in [0.4, 0.5) is 0 Å². The van der Waals surface area contributed by atoms with Crippen LogP contribution in [0.1, 0.15) is 0 Å². The molecule has 1 fully saturated rings. The minimum Gasteiger partial charge on any atom is -0.481 e. The van der Waals surface area contributed by atoms with Crippen molar-refractivity contribution in [1.82, 2.24) is 13.4 Å². The lowest BCUT2D eigenvalue weighted by Gasteiger charge is -2.21. The van der Waals surface area contributed by atoms with Gasteiger partial charge in [0.25, 0.3) is 5.56 Å². The van der Waals surface area contributed by atoms with Crippen LogP contribution >= 0.6 is 0 Å². The SMILES string of the molecule is Cn1c(=O)c2cc(S(=O)(=O)N3CCOCC(C(=O)O)C3)ccc2n(C)c1=O. The molecule has 1 aliphatic heterocycles. The van der Waals surface area contributed by atoms with Crippen LogP contribution in [-0.4, -0.2) is 59.2 Å². The first kappa shape index (κ1) is 19.3. The van der Waals surface area contributed by atoms with Crippen LogP contribution in [0.3, 0.4) is 0 Å². The third-order valence-electron chi connectivity index (χ3n) is 4.65. The van der Waals surface area contributed by atoms with Gasteiger partial charge in [0.1, 0.15) is 0 Å². The van der Waals surface area contributed by atoms with Gasteiger partial charge in [-0.2, -0.15) is 4.31 Å². The highest BCUT2D eigenvalue weighted by molar-refractivity contribution is 7.89. The van der Waals surface area contributed by atoms with Gasteiger partial charge in [0.2, 0.25) is 10.0 Å². The zero-order valence-electron chi connectivity index (χ0n) is 14.8. The number of benzene rings is 1. The van der Waals surface area contributed by atoms with Crippen molar-refractivity contribution in [2.24, 2.45) is 20.0 Å². The Labute approximate surface area is 154 Å². The van der Waals surface area contributed by atoms with Crippen molar-refractivity contribution < 1.29 is 23.1 Å². The first-order valence-corrected chi connectivity index (χ1v) is 9.59. The molecule has 0 saturated carbocycles. The Morgan fingerprint density at radius 3 is 2.59 bits per heavy atom. The normalized spacial score (nSPS) is 19.1. The quantitative estimate of drug-likeness (QED) is 0.700. The molecule has 3 rings (SSSR count). The van der Waals surface area contributed by atoms with E-state index in [0.717, 1.165) is 8.87 Å². The maximum Gasteiger partial charge on any atom is 0.330 e. The lowest BCUT2D eigenvalue weighted by atomic mass is 10.2. The van der Waals surface area contributed by atoms with Crippen LogP contribution in [0, 0.1) is 5.92 Å². The van der Waals surface area contributed by atoms with Crippen LogP contribution in [0.5, 0.6) is 0 Å². The molecule has 1 saturated heterocycles. The molecule has 2 heterocycles. The number of carboxylic acid groups (broad SMARTS) is 1. The molecule has 1 N–H and O–H groups in total. The second-order valence-electron chi connectivity index (χ2n) is 6.36. The summed E-state index contributed by atoms with van der Waals surface area (Å²) in [6.45, 7) is -0.203. The lowest BCUT2D eigenvalue weighted by Crippen LogP contribution is -2.39. The summed E-state index contributed by atoms with van der Waals surface area (Å²) < 4.78 is 34.4. The molecule has 0 aliphatic carbocycles. The molecule has 0 bridgehead atoms. The Hall–Kier alpha value is -2.50. The van der Waals surface area contributed by atoms with E-state index in [0.29, 0.717) is 5.52 Å². The smallest absolute Gasteiger partial charge is 0.330 e. The summed E-state index contributed by atoms with van der Waals surface area (Å²) in [5.41, 5.74) is -0.811. The topological polar surface area (TPSA) is 128 Å². The maximum atomic E-state index is 13.0. The molecule has 10 nitrogen and oxygen atoms in total. The number of nitrogens with zero attached hydrogens (tertiary/aromatic N) is 3. The number of ether oxygens (including phenoxy) is 1. The van der Waals surface area contributed by atoms with Gasteiger partial charge in [-0.3, -0.25) is 18.7 Å². The number of aryl methyl sites for hydroxylation is 1. The van der Waals surface area contributed by atoms with E-state index in [4.69, 9.17) is 4.74 Å². The van der Waals surface area contributed by atoms with Crippen molar-refractivity contribution in [3.8, 4) is 0 Å². The van der Waals surface area contributed by atoms with Crippen molar-refractivity contribution >= 4 is 26.9 Å². The van der Waals surface area contributed by atoms with Crippen LogP contribution in [0.15, 0.2) is 32.7 Å². The standard InChI is InChI=1S/C16H19N3O7S/c1-17-13-4-3-11(7-12(13)14(20)18(2)16(17)23)27(24,25)19-5-6-26-9-10(8-19)15(21)22/h3-4,7,10H,5-6,8-9H2,1-2H3,(H,21,22). The summed E-state index contributed by atoms with van der Waals surface area (Å²) >= 11 is 0. The molecular formula is C16H19N3O7S. The van der Waals surface area contributed by atoms with Gasteiger partial charge in [-0.05, 0) is 18.2 Å². The highest BCUT2D eigenvalue weighted by atomic mass is 32.2. The average Bonchev–Trinajstić information content (AvgIpc) is 2.91. The van der Waals surface area contributed by atoms with Crippen molar-refractivity contribution in [2.75, 3.05) is 26.3 Å². The van der Waals surface area contributed by atoms with Crippen LogP contribution in [0.25, 0.3) is 10.9 Å². The van der Waals surface area contributed by atoms with Gasteiger partial charge in [0, 0.05) is 27.2 Å². The van der Waals surface area contributed by atoms with E-state index in [9.17, 15) is 27.9 Å². The van der Waals surface area contributed by atoms with E-state index in [-0.39, 0.29) is 36.6 Å². The number of carboxylic acids is 1. The van der Waals surface area contributed by atoms with Crippen molar-refractivity contribution in [3.05, 3.63) is 39.0 Å². The number of sulfonamides is 1. The van der Waals surface area contributed by atoms with Gasteiger partial charge in [0.05, 0.1) is 34.9 Å². The summed E-state index contributed by atoms with van der Waals surface area (Å²) in [5.74, 6) is -2.11. The van der Waals surface area contributed by atoms with Gasteiger partial charge in [-0.15, -0.1) is 0 Å². The Kier molecular flexibility index (Phi) is 4.93. The molecule has 0 amide bonds. The summed E-state index contributed by atoms with van der Waals surface area (Å²) in [6, 6.07) is 3.92. The summed E-state index contributed by atoms with van der Waals surface area (Å²) in [5, 5.41) is 9.29. The summed E-state index contributed by atoms with van der Waals surface area (Å²) in [7, 11) is -1.24. The largest absolute Gasteiger partial charge is 0.481 e. The van der Waals surface area contributed by atoms with Gasteiger partial charge < -0.3 is 9.84 Å². The van der Waals surface area contributed by atoms with Crippen LogP contribution < -0.4 is 11.2 Å². The van der Waals surface area contributed by atoms with E-state index in [1.54, 1.807) is 0 Å². The number of aromatic nitrogens is 2. The highest BCUT2D eigenvalue weighted by Gasteiger charge is 2.32. The first-order chi connectivity index (χ1) is 12.6. The molecule has 11 heteroatoms. The van der Waals surface area contributed by atoms with Gasteiger partial charge in [-0.25, -0.2) is 13.2 Å². The third kappa shape index (κ3) is 3.29. The number of hydrogen-bond donors (Lipinski definition) is 1. The summed E-state index contributed by atoms with van der Waals surface area (Å²) in [6.07, 6.45) is 0. The zero-order chi connectivity index (χ0) is 19.9. The Bertz CT molecular complexity index is 1130. The molecule has 1 aromatic carbocycles. The number of aliphatic carboxylic acids is 1. The van der Waals surface area contributed by atoms with E-state index in [1.807, 2.05) is 0 Å². The van der Waals surface area contributed by atoms with E-state index < -0.39 is 33.2 Å². The van der Waals surface area contributed by atoms with Crippen molar-refractivity contribution in [3.63, 3.8) is 0 Å². The van der Waals surface area contributed by atoms with E-state index >= 15 is 0 Å². The lowest BCUT2D eigenvalue weighted by molar-refractivity contribution is -0.143. The second kappa shape index (κ2) is 6.91. The molecular weight excluding hydrogens is 378 g/mol. The molecule has 2 aromatic rings. The third-order valence-corrected chi connectivity index (χ3v) is 6.51. The van der Waals surface area contributed by atoms with Gasteiger partial charge in [-0.1, -0.05) is 0 Å². The molecule has 27 heavy (non-hydrogen) atoms. The number of fused-ring (bicyclic) bond motifs is 1. The number of hydrogen-bond acceptors (Lipinski definition) is 6. The van der Waals surface area contributed by atoms with Gasteiger partial charge in [0.15, 0.2) is 0 Å². The van der Waals surface area contributed by atoms with E-state index in [2.05, 4.69) is 0 Å². The minimum atomic E-state index is -4.04. The van der Waals surface area contributed by atoms with E-state index in [1.165, 1.54) is 36.9 Å². The Morgan fingerprint density at radius 1 is 1.22 bits per heavy atom. The fraction of sp³-hybridized carbons (Fsp3) is 0.438. The second-order valence-corrected chi connectivity index (χ2v) is 8.30. The molecule has 1 unspecified atom stereocenters.